The van der Waals surface area contributed by atoms with Crippen LogP contribution < -0.4 is 0 Å². The molecular formula is C11H14IN3OS. The molecule has 2 N–H and O–H groups in total. The van der Waals surface area contributed by atoms with Crippen LogP contribution in [0.2, 0.25) is 0 Å². The first-order valence-electron chi connectivity index (χ1n) is 5.03. The molecule has 1 aliphatic rings. The highest BCUT2D eigenvalue weighted by Crippen LogP contribution is 2.30. The number of aromatic hydroxyl groups is 1. The number of hydrogen-bond acceptors (Lipinski definition) is 4. The summed E-state index contributed by atoms with van der Waals surface area (Å²) in [6, 6.07) is 7.01. The fraction of sp³-hybridized carbons (Fsp3) is 0.273. The van der Waals surface area contributed by atoms with Crippen molar-refractivity contribution in [3.63, 3.8) is 0 Å². The highest BCUT2D eigenvalue weighted by molar-refractivity contribution is 14.0. The quantitative estimate of drug-likeness (QED) is 0.349. The maximum absolute atomic E-state index is 9.58. The topological polar surface area (TPSA) is 59.7 Å². The molecule has 0 aromatic heterocycles. The average Bonchev–Trinajstić information content (AvgIpc) is 2.68. The third kappa shape index (κ3) is 3.60. The maximum Gasteiger partial charge on any atom is 0.182 e. The zero-order chi connectivity index (χ0) is 11.5. The van der Waals surface area contributed by atoms with Gasteiger partial charge >= 0.3 is 0 Å². The highest BCUT2D eigenvalue weighted by atomic mass is 127. The number of amidine groups is 1. The van der Waals surface area contributed by atoms with Crippen molar-refractivity contribution in [3.05, 3.63) is 24.3 Å². The first-order valence-corrected chi connectivity index (χ1v) is 5.84. The molecule has 92 valence electrons. The molecule has 1 unspecified atom stereocenters. The highest BCUT2D eigenvalue weighted by Gasteiger charge is 2.18. The Morgan fingerprint density at radius 1 is 1.53 bits per heavy atom. The average molecular weight is 363 g/mol. The number of phenolic OH excluding ortho intramolecular Hbond substituents is 1. The van der Waals surface area contributed by atoms with Crippen LogP contribution in [-0.4, -0.2) is 28.0 Å². The summed E-state index contributed by atoms with van der Waals surface area (Å²) in [5, 5.41) is 23.6. The molecule has 4 nitrogen and oxygen atoms in total. The van der Waals surface area contributed by atoms with E-state index in [2.05, 4.69) is 12.0 Å². The van der Waals surface area contributed by atoms with E-state index in [1.54, 1.807) is 23.2 Å². The molecule has 0 aliphatic carbocycles. The van der Waals surface area contributed by atoms with Crippen molar-refractivity contribution in [2.45, 2.75) is 11.8 Å². The fourth-order valence-corrected chi connectivity index (χ4v) is 2.15. The van der Waals surface area contributed by atoms with Crippen LogP contribution >= 0.6 is 35.7 Å². The Hall–Kier alpha value is -0.760. The molecule has 2 rings (SSSR count). The minimum Gasteiger partial charge on any atom is -0.507 e. The molecule has 0 spiro atoms. The first kappa shape index (κ1) is 14.3. The lowest BCUT2D eigenvalue weighted by atomic mass is 10.2. The Morgan fingerprint density at radius 3 is 2.82 bits per heavy atom. The molecule has 1 aromatic rings. The maximum atomic E-state index is 9.58. The van der Waals surface area contributed by atoms with Gasteiger partial charge in [-0.1, -0.05) is 19.1 Å². The monoisotopic (exact) mass is 363 g/mol. The molecule has 0 fully saturated rings. The lowest BCUT2D eigenvalue weighted by Crippen LogP contribution is -2.21. The van der Waals surface area contributed by atoms with E-state index in [0.29, 0.717) is 16.0 Å². The standard InChI is InChI=1S/C11H13N3OS.HI/c1-8-6-13-14(7-8)11(12)16-10-5-3-2-4-9(10)15;/h2-6,8,12,15H,7H2,1H3;1H. The molecule has 1 aliphatic heterocycles. The van der Waals surface area contributed by atoms with Gasteiger partial charge in [-0.05, 0) is 23.9 Å². The van der Waals surface area contributed by atoms with Gasteiger partial charge in [0.15, 0.2) is 5.17 Å². The van der Waals surface area contributed by atoms with Crippen molar-refractivity contribution >= 4 is 47.1 Å². The van der Waals surface area contributed by atoms with Gasteiger partial charge in [-0.2, -0.15) is 5.10 Å². The van der Waals surface area contributed by atoms with Crippen LogP contribution in [0.4, 0.5) is 0 Å². The Morgan fingerprint density at radius 2 is 2.24 bits per heavy atom. The Labute approximate surface area is 122 Å². The lowest BCUT2D eigenvalue weighted by molar-refractivity contribution is 0.459. The number of rotatable bonds is 1. The Balaban J connectivity index is 0.00000144. The summed E-state index contributed by atoms with van der Waals surface area (Å²) in [6.07, 6.45) is 1.83. The van der Waals surface area contributed by atoms with E-state index in [-0.39, 0.29) is 29.7 Å². The van der Waals surface area contributed by atoms with Gasteiger partial charge in [0.25, 0.3) is 0 Å². The number of nitrogens with zero attached hydrogens (tertiary/aromatic N) is 2. The molecule has 1 aromatic carbocycles. The van der Waals surface area contributed by atoms with Crippen molar-refractivity contribution in [2.24, 2.45) is 11.0 Å². The zero-order valence-corrected chi connectivity index (χ0v) is 12.5. The number of hydrogen-bond donors (Lipinski definition) is 2. The first-order chi connectivity index (χ1) is 7.66. The van der Waals surface area contributed by atoms with Crippen LogP contribution in [0.25, 0.3) is 0 Å². The van der Waals surface area contributed by atoms with Crippen LogP contribution in [-0.2, 0) is 0 Å². The predicted octanol–water partition coefficient (Wildman–Crippen LogP) is 2.97. The second kappa shape index (κ2) is 6.25. The SMILES string of the molecule is CC1C=NN(C(=N)Sc2ccccc2O)C1.I. The normalized spacial score (nSPS) is 17.9. The van der Waals surface area contributed by atoms with E-state index < -0.39 is 0 Å². The van der Waals surface area contributed by atoms with Crippen molar-refractivity contribution in [3.8, 4) is 5.75 Å². The Kier molecular flexibility index (Phi) is 5.26. The molecule has 17 heavy (non-hydrogen) atoms. The van der Waals surface area contributed by atoms with Gasteiger partial charge in [0, 0.05) is 12.1 Å². The van der Waals surface area contributed by atoms with E-state index in [0.717, 1.165) is 6.54 Å². The predicted molar refractivity (Wildman–Crippen MR) is 81.5 cm³/mol. The second-order valence-corrected chi connectivity index (χ2v) is 4.73. The molecule has 1 atom stereocenters. The summed E-state index contributed by atoms with van der Waals surface area (Å²) in [6.45, 7) is 2.79. The van der Waals surface area contributed by atoms with Crippen molar-refractivity contribution in [1.82, 2.24) is 5.01 Å². The smallest absolute Gasteiger partial charge is 0.182 e. The number of halogens is 1. The van der Waals surface area contributed by atoms with Gasteiger partial charge in [-0.25, -0.2) is 5.01 Å². The summed E-state index contributed by atoms with van der Waals surface area (Å²) >= 11 is 1.21. The number of nitrogens with one attached hydrogen (secondary N) is 1. The van der Waals surface area contributed by atoms with Gasteiger partial charge in [0.1, 0.15) is 5.75 Å². The summed E-state index contributed by atoms with van der Waals surface area (Å²) in [7, 11) is 0. The molecular weight excluding hydrogens is 349 g/mol. The van der Waals surface area contributed by atoms with Gasteiger partial charge in [0.05, 0.1) is 11.4 Å². The third-order valence-corrected chi connectivity index (χ3v) is 3.20. The van der Waals surface area contributed by atoms with E-state index in [9.17, 15) is 5.11 Å². The zero-order valence-electron chi connectivity index (χ0n) is 9.33. The van der Waals surface area contributed by atoms with Crippen molar-refractivity contribution < 1.29 is 5.11 Å². The van der Waals surface area contributed by atoms with Gasteiger partial charge in [-0.15, -0.1) is 24.0 Å². The molecule has 0 bridgehead atoms. The van der Waals surface area contributed by atoms with E-state index in [1.165, 1.54) is 11.8 Å². The number of benzene rings is 1. The van der Waals surface area contributed by atoms with E-state index >= 15 is 0 Å². The number of hydrazone groups is 1. The third-order valence-electron chi connectivity index (χ3n) is 2.23. The molecule has 0 saturated carbocycles. The molecule has 6 heteroatoms. The largest absolute Gasteiger partial charge is 0.507 e. The second-order valence-electron chi connectivity index (χ2n) is 3.70. The molecule has 0 radical (unpaired) electrons. The van der Waals surface area contributed by atoms with E-state index in [1.807, 2.05) is 12.3 Å². The van der Waals surface area contributed by atoms with Crippen LogP contribution in [0.15, 0.2) is 34.3 Å². The number of phenols is 1. The van der Waals surface area contributed by atoms with Crippen LogP contribution in [0.3, 0.4) is 0 Å². The lowest BCUT2D eigenvalue weighted by Gasteiger charge is -2.15. The molecule has 0 saturated heterocycles. The molecule has 0 amide bonds. The molecule has 1 heterocycles. The van der Waals surface area contributed by atoms with Crippen molar-refractivity contribution in [2.75, 3.05) is 6.54 Å². The van der Waals surface area contributed by atoms with Gasteiger partial charge in [0.2, 0.25) is 0 Å². The Bertz CT molecular complexity index is 438. The fourth-order valence-electron chi connectivity index (χ4n) is 1.40. The summed E-state index contributed by atoms with van der Waals surface area (Å²) < 4.78 is 0. The number of para-hydroxylation sites is 1. The van der Waals surface area contributed by atoms with Crippen LogP contribution in [0.5, 0.6) is 5.75 Å². The summed E-state index contributed by atoms with van der Waals surface area (Å²) in [5.74, 6) is 0.582. The minimum atomic E-state index is 0. The van der Waals surface area contributed by atoms with Gasteiger partial charge < -0.3 is 5.11 Å². The van der Waals surface area contributed by atoms with Crippen molar-refractivity contribution in [1.29, 1.82) is 5.41 Å². The van der Waals surface area contributed by atoms with E-state index in [4.69, 9.17) is 5.41 Å². The van der Waals surface area contributed by atoms with Crippen LogP contribution in [0.1, 0.15) is 6.92 Å². The van der Waals surface area contributed by atoms with Gasteiger partial charge in [-0.3, -0.25) is 5.41 Å². The van der Waals surface area contributed by atoms with Crippen LogP contribution in [0, 0.1) is 11.3 Å². The summed E-state index contributed by atoms with van der Waals surface area (Å²) in [5.41, 5.74) is 0. The summed E-state index contributed by atoms with van der Waals surface area (Å²) in [4.78, 5) is 0.683. The number of thioether (sulfide) groups is 1. The minimum absolute atomic E-state index is 0.